The highest BCUT2D eigenvalue weighted by atomic mass is 16.1. The Hall–Kier alpha value is -2.17. The number of carbonyl (C=O) groups is 1. The van der Waals surface area contributed by atoms with Crippen molar-refractivity contribution in [1.82, 2.24) is 9.97 Å². The highest BCUT2D eigenvalue weighted by molar-refractivity contribution is 6.03. The van der Waals surface area contributed by atoms with E-state index in [0.717, 1.165) is 24.0 Å². The van der Waals surface area contributed by atoms with E-state index in [1.807, 2.05) is 0 Å². The van der Waals surface area contributed by atoms with E-state index in [0.29, 0.717) is 16.8 Å². The fourth-order valence-electron chi connectivity index (χ4n) is 4.13. The minimum Gasteiger partial charge on any atom is -0.364 e. The van der Waals surface area contributed by atoms with E-state index in [2.05, 4.69) is 9.97 Å². The number of pyridine rings is 2. The summed E-state index contributed by atoms with van der Waals surface area (Å²) >= 11 is 0. The molecule has 5 nitrogen and oxygen atoms in total. The van der Waals surface area contributed by atoms with Crippen LogP contribution in [0.3, 0.4) is 0 Å². The molecule has 0 spiro atoms. The minimum atomic E-state index is -0.666. The van der Waals surface area contributed by atoms with Crippen LogP contribution >= 0.6 is 0 Å². The lowest BCUT2D eigenvalue weighted by Crippen LogP contribution is -2.20. The highest BCUT2D eigenvalue weighted by Gasteiger charge is 2.35. The summed E-state index contributed by atoms with van der Waals surface area (Å²) < 4.78 is 0. The maximum absolute atomic E-state index is 12.5. The molecule has 2 aliphatic carbocycles. The van der Waals surface area contributed by atoms with Gasteiger partial charge in [0.15, 0.2) is 5.43 Å². The Morgan fingerprint density at radius 1 is 1.22 bits per heavy atom. The van der Waals surface area contributed by atoms with E-state index >= 15 is 0 Å². The molecule has 2 aliphatic rings. The zero-order valence-electron chi connectivity index (χ0n) is 13.0. The second-order valence-electron chi connectivity index (χ2n) is 7.00. The summed E-state index contributed by atoms with van der Waals surface area (Å²) in [5, 5.41) is 0.304. The Kier molecular flexibility index (Phi) is 3.43. The van der Waals surface area contributed by atoms with Crippen LogP contribution in [0.2, 0.25) is 0 Å². The van der Waals surface area contributed by atoms with Gasteiger partial charge in [-0.15, -0.1) is 0 Å². The molecule has 4 rings (SSSR count). The van der Waals surface area contributed by atoms with Crippen LogP contribution in [0.4, 0.5) is 0 Å². The maximum atomic E-state index is 12.5. The Morgan fingerprint density at radius 2 is 2.04 bits per heavy atom. The average molecular weight is 311 g/mol. The molecule has 1 unspecified atom stereocenters. The van der Waals surface area contributed by atoms with Gasteiger partial charge in [0.05, 0.1) is 10.9 Å². The third-order valence-electron chi connectivity index (χ3n) is 5.44. The predicted octanol–water partition coefficient (Wildman–Crippen LogP) is 2.71. The topological polar surface area (TPSA) is 88.8 Å². The smallest absolute Gasteiger partial charge is 0.268 e. The van der Waals surface area contributed by atoms with E-state index < -0.39 is 5.91 Å². The average Bonchev–Trinajstić information content (AvgIpc) is 3.39. The first-order valence-corrected chi connectivity index (χ1v) is 8.45. The standard InChI is InChI=1S/C18H21N3O2/c19-18(23)17-16-13(6-7-20-17)21-14(9-15(16)22)12-3-1-2-11(8-12)10-4-5-10/h6-7,9-12H,1-5,8H2,(H2,19,23)(H,21,22)/t11?,12-/m0/s1. The van der Waals surface area contributed by atoms with Crippen molar-refractivity contribution in [2.75, 3.05) is 0 Å². The molecule has 1 amide bonds. The SMILES string of the molecule is NC(=O)c1nccc2[nH]c([C@H]3CCCC(C4CC4)C3)cc(=O)c12. The molecule has 0 saturated heterocycles. The van der Waals surface area contributed by atoms with Crippen molar-refractivity contribution in [2.24, 2.45) is 17.6 Å². The molecule has 2 aromatic rings. The van der Waals surface area contributed by atoms with Gasteiger partial charge in [-0.25, -0.2) is 0 Å². The first kappa shape index (κ1) is 14.4. The van der Waals surface area contributed by atoms with Crippen molar-refractivity contribution >= 4 is 16.8 Å². The number of H-pyrrole nitrogens is 1. The van der Waals surface area contributed by atoms with Crippen molar-refractivity contribution in [3.63, 3.8) is 0 Å². The largest absolute Gasteiger partial charge is 0.364 e. The Labute approximate surface area is 134 Å². The summed E-state index contributed by atoms with van der Waals surface area (Å²) in [6, 6.07) is 3.39. The van der Waals surface area contributed by atoms with E-state index in [1.165, 1.54) is 38.3 Å². The Morgan fingerprint density at radius 3 is 2.78 bits per heavy atom. The minimum absolute atomic E-state index is 0.0507. The molecular formula is C18H21N3O2. The van der Waals surface area contributed by atoms with Crippen molar-refractivity contribution in [3.8, 4) is 0 Å². The van der Waals surface area contributed by atoms with Crippen LogP contribution in [0.5, 0.6) is 0 Å². The summed E-state index contributed by atoms with van der Waals surface area (Å²) in [5.74, 6) is 1.47. The van der Waals surface area contributed by atoms with Gasteiger partial charge in [-0.2, -0.15) is 0 Å². The number of primary amides is 1. The molecule has 0 bridgehead atoms. The van der Waals surface area contributed by atoms with Gasteiger partial charge >= 0.3 is 0 Å². The van der Waals surface area contributed by atoms with Crippen LogP contribution < -0.4 is 11.2 Å². The number of amides is 1. The molecule has 0 radical (unpaired) electrons. The molecule has 23 heavy (non-hydrogen) atoms. The van der Waals surface area contributed by atoms with E-state index in [-0.39, 0.29) is 11.1 Å². The number of hydrogen-bond donors (Lipinski definition) is 2. The van der Waals surface area contributed by atoms with Gasteiger partial charge in [0.25, 0.3) is 5.91 Å². The second kappa shape index (κ2) is 5.48. The molecule has 2 heterocycles. The normalized spacial score (nSPS) is 24.7. The Bertz CT molecular complexity index is 823. The van der Waals surface area contributed by atoms with Gasteiger partial charge in [0.1, 0.15) is 5.69 Å². The fourth-order valence-corrected chi connectivity index (χ4v) is 4.13. The lowest BCUT2D eigenvalue weighted by molar-refractivity contribution is 0.0997. The number of carbonyl (C=O) groups excluding carboxylic acids is 1. The number of rotatable bonds is 3. The number of nitrogens with one attached hydrogen (secondary N) is 1. The number of nitrogens with two attached hydrogens (primary N) is 1. The van der Waals surface area contributed by atoms with Gasteiger partial charge in [0.2, 0.25) is 0 Å². The van der Waals surface area contributed by atoms with Crippen LogP contribution in [0, 0.1) is 11.8 Å². The zero-order chi connectivity index (χ0) is 16.0. The number of fused-ring (bicyclic) bond motifs is 1. The molecule has 2 fully saturated rings. The van der Waals surface area contributed by atoms with E-state index in [9.17, 15) is 9.59 Å². The fraction of sp³-hybridized carbons (Fsp3) is 0.500. The lowest BCUT2D eigenvalue weighted by Gasteiger charge is -2.29. The third kappa shape index (κ3) is 2.64. The molecule has 2 atom stereocenters. The molecule has 0 aliphatic heterocycles. The van der Waals surface area contributed by atoms with Crippen molar-refractivity contribution < 1.29 is 4.79 Å². The van der Waals surface area contributed by atoms with Crippen molar-refractivity contribution in [3.05, 3.63) is 39.9 Å². The molecule has 120 valence electrons. The summed E-state index contributed by atoms with van der Waals surface area (Å²) in [5.41, 5.74) is 6.87. The van der Waals surface area contributed by atoms with Gasteiger partial charge in [-0.3, -0.25) is 14.6 Å². The third-order valence-corrected chi connectivity index (χ3v) is 5.44. The lowest BCUT2D eigenvalue weighted by atomic mass is 9.77. The number of aromatic amines is 1. The van der Waals surface area contributed by atoms with Crippen LogP contribution in [-0.2, 0) is 0 Å². The van der Waals surface area contributed by atoms with Gasteiger partial charge in [-0.05, 0) is 49.5 Å². The van der Waals surface area contributed by atoms with Crippen LogP contribution in [0.25, 0.3) is 10.9 Å². The Balaban J connectivity index is 1.74. The predicted molar refractivity (Wildman–Crippen MR) is 88.3 cm³/mol. The molecule has 3 N–H and O–H groups in total. The monoisotopic (exact) mass is 311 g/mol. The van der Waals surface area contributed by atoms with Crippen LogP contribution in [0.1, 0.15) is 60.6 Å². The quantitative estimate of drug-likeness (QED) is 0.913. The molecule has 2 aromatic heterocycles. The van der Waals surface area contributed by atoms with Gasteiger partial charge in [0, 0.05) is 18.0 Å². The summed E-state index contributed by atoms with van der Waals surface area (Å²) in [6.07, 6.45) is 9.12. The van der Waals surface area contributed by atoms with E-state index in [1.54, 1.807) is 12.1 Å². The maximum Gasteiger partial charge on any atom is 0.268 e. The molecule has 0 aromatic carbocycles. The van der Waals surface area contributed by atoms with Gasteiger partial charge in [-0.1, -0.05) is 12.8 Å². The molecular weight excluding hydrogens is 290 g/mol. The van der Waals surface area contributed by atoms with Crippen LogP contribution in [-0.4, -0.2) is 15.9 Å². The molecule has 5 heteroatoms. The van der Waals surface area contributed by atoms with Crippen molar-refractivity contribution in [1.29, 1.82) is 0 Å². The van der Waals surface area contributed by atoms with Gasteiger partial charge < -0.3 is 10.7 Å². The first-order valence-electron chi connectivity index (χ1n) is 8.45. The summed E-state index contributed by atoms with van der Waals surface area (Å²) in [4.78, 5) is 31.3. The number of hydrogen-bond acceptors (Lipinski definition) is 3. The highest BCUT2D eigenvalue weighted by Crippen LogP contribution is 2.47. The first-order chi connectivity index (χ1) is 11.1. The van der Waals surface area contributed by atoms with Crippen molar-refractivity contribution in [2.45, 2.75) is 44.4 Å². The summed E-state index contributed by atoms with van der Waals surface area (Å²) in [7, 11) is 0. The number of nitrogens with zero attached hydrogens (tertiary/aromatic N) is 1. The second-order valence-corrected chi connectivity index (χ2v) is 7.00. The summed E-state index contributed by atoms with van der Waals surface area (Å²) in [6.45, 7) is 0. The van der Waals surface area contributed by atoms with E-state index in [4.69, 9.17) is 5.73 Å². The molecule has 2 saturated carbocycles. The number of aromatic nitrogens is 2. The zero-order valence-corrected chi connectivity index (χ0v) is 13.0. The van der Waals surface area contributed by atoms with Crippen LogP contribution in [0.15, 0.2) is 23.1 Å².